The van der Waals surface area contributed by atoms with Crippen molar-refractivity contribution in [3.05, 3.63) is 29.8 Å². The first-order valence-corrected chi connectivity index (χ1v) is 7.51. The lowest BCUT2D eigenvalue weighted by molar-refractivity contribution is 0.0963. The summed E-state index contributed by atoms with van der Waals surface area (Å²) in [4.78, 5) is 11.5. The van der Waals surface area contributed by atoms with Crippen LogP contribution in [-0.4, -0.2) is 34.5 Å². The molecule has 0 saturated carbocycles. The first kappa shape index (κ1) is 15.6. The van der Waals surface area contributed by atoms with E-state index in [1.54, 1.807) is 0 Å². The van der Waals surface area contributed by atoms with Gasteiger partial charge in [0, 0.05) is 19.2 Å². The molecular weight excluding hydrogens is 266 g/mol. The molecule has 0 aliphatic heterocycles. The van der Waals surface area contributed by atoms with Crippen LogP contribution in [0, 0.1) is 0 Å². The zero-order chi connectivity index (χ0) is 14.3. The van der Waals surface area contributed by atoms with Crippen molar-refractivity contribution in [1.82, 2.24) is 10.0 Å². The topological polar surface area (TPSA) is 101 Å². The van der Waals surface area contributed by atoms with Gasteiger partial charge in [-0.2, -0.15) is 0 Å². The molecule has 4 N–H and O–H groups in total. The maximum Gasteiger partial charge on any atom is 0.251 e. The second kappa shape index (κ2) is 7.22. The summed E-state index contributed by atoms with van der Waals surface area (Å²) in [5.74, 6) is -0.250. The SMILES string of the molecule is CNC(=O)c1ccc(S(=O)(=O)NCCCCN)cc1. The van der Waals surface area contributed by atoms with Crippen LogP contribution in [0.25, 0.3) is 0 Å². The molecule has 1 amide bonds. The summed E-state index contributed by atoms with van der Waals surface area (Å²) in [5, 5.41) is 2.47. The minimum Gasteiger partial charge on any atom is -0.355 e. The van der Waals surface area contributed by atoms with Crippen LogP contribution in [-0.2, 0) is 10.0 Å². The summed E-state index contributed by atoms with van der Waals surface area (Å²) < 4.78 is 26.3. The normalized spacial score (nSPS) is 11.3. The largest absolute Gasteiger partial charge is 0.355 e. The van der Waals surface area contributed by atoms with Crippen LogP contribution in [0.5, 0.6) is 0 Å². The minimum absolute atomic E-state index is 0.146. The highest BCUT2D eigenvalue weighted by Crippen LogP contribution is 2.10. The molecule has 106 valence electrons. The van der Waals surface area contributed by atoms with E-state index in [9.17, 15) is 13.2 Å². The number of nitrogens with two attached hydrogens (primary N) is 1. The summed E-state index contributed by atoms with van der Waals surface area (Å²) in [5.41, 5.74) is 5.75. The first-order chi connectivity index (χ1) is 9.01. The maximum absolute atomic E-state index is 11.9. The highest BCUT2D eigenvalue weighted by Gasteiger charge is 2.13. The summed E-state index contributed by atoms with van der Waals surface area (Å²) in [7, 11) is -1.99. The van der Waals surface area contributed by atoms with E-state index in [-0.39, 0.29) is 10.8 Å². The van der Waals surface area contributed by atoms with Crippen molar-refractivity contribution in [1.29, 1.82) is 0 Å². The molecule has 1 aromatic rings. The number of hydrogen-bond acceptors (Lipinski definition) is 4. The molecule has 0 unspecified atom stereocenters. The van der Waals surface area contributed by atoms with E-state index in [2.05, 4.69) is 10.0 Å². The highest BCUT2D eigenvalue weighted by atomic mass is 32.2. The van der Waals surface area contributed by atoms with Gasteiger partial charge in [0.2, 0.25) is 10.0 Å². The molecule has 0 saturated heterocycles. The van der Waals surface area contributed by atoms with Gasteiger partial charge in [-0.25, -0.2) is 13.1 Å². The Morgan fingerprint density at radius 1 is 1.21 bits per heavy atom. The van der Waals surface area contributed by atoms with E-state index in [0.29, 0.717) is 25.1 Å². The van der Waals surface area contributed by atoms with Crippen LogP contribution in [0.1, 0.15) is 23.2 Å². The number of sulfonamides is 1. The van der Waals surface area contributed by atoms with Gasteiger partial charge in [0.15, 0.2) is 0 Å². The quantitative estimate of drug-likeness (QED) is 0.617. The molecule has 0 atom stereocenters. The number of benzene rings is 1. The van der Waals surface area contributed by atoms with Gasteiger partial charge in [-0.1, -0.05) is 0 Å². The lowest BCUT2D eigenvalue weighted by atomic mass is 10.2. The van der Waals surface area contributed by atoms with Crippen LogP contribution in [0.2, 0.25) is 0 Å². The van der Waals surface area contributed by atoms with Gasteiger partial charge >= 0.3 is 0 Å². The third-order valence-corrected chi connectivity index (χ3v) is 4.05. The lowest BCUT2D eigenvalue weighted by Crippen LogP contribution is -2.25. The summed E-state index contributed by atoms with van der Waals surface area (Å²) >= 11 is 0. The molecule has 0 bridgehead atoms. The van der Waals surface area contributed by atoms with Crippen molar-refractivity contribution < 1.29 is 13.2 Å². The Bertz CT molecular complexity index is 512. The standard InChI is InChI=1S/C12H19N3O3S/c1-14-12(16)10-4-6-11(7-5-10)19(17,18)15-9-3-2-8-13/h4-7,15H,2-3,8-9,13H2,1H3,(H,14,16). The van der Waals surface area contributed by atoms with Gasteiger partial charge < -0.3 is 11.1 Å². The van der Waals surface area contributed by atoms with E-state index in [1.807, 2.05) is 0 Å². The molecule has 0 aliphatic rings. The van der Waals surface area contributed by atoms with E-state index in [4.69, 9.17) is 5.73 Å². The number of rotatable bonds is 7. The average Bonchev–Trinajstić information content (AvgIpc) is 2.43. The molecule has 19 heavy (non-hydrogen) atoms. The predicted molar refractivity (Wildman–Crippen MR) is 73.3 cm³/mol. The highest BCUT2D eigenvalue weighted by molar-refractivity contribution is 7.89. The molecule has 6 nitrogen and oxygen atoms in total. The van der Waals surface area contributed by atoms with Crippen molar-refractivity contribution >= 4 is 15.9 Å². The second-order valence-corrected chi connectivity index (χ2v) is 5.76. The fraction of sp³-hybridized carbons (Fsp3) is 0.417. The van der Waals surface area contributed by atoms with Gasteiger partial charge in [0.1, 0.15) is 0 Å². The molecule has 1 rings (SSSR count). The molecule has 0 fully saturated rings. The van der Waals surface area contributed by atoms with Gasteiger partial charge in [-0.05, 0) is 43.7 Å². The van der Waals surface area contributed by atoms with Crippen LogP contribution in [0.15, 0.2) is 29.2 Å². The third-order valence-electron chi connectivity index (χ3n) is 2.58. The number of carbonyl (C=O) groups excluding carboxylic acids is 1. The molecule has 1 aromatic carbocycles. The lowest BCUT2D eigenvalue weighted by Gasteiger charge is -2.07. The molecule has 0 aromatic heterocycles. The van der Waals surface area contributed by atoms with E-state index in [1.165, 1.54) is 31.3 Å². The van der Waals surface area contributed by atoms with Crippen molar-refractivity contribution in [2.45, 2.75) is 17.7 Å². The molecule has 0 aliphatic carbocycles. The molecule has 0 heterocycles. The summed E-state index contributed by atoms with van der Waals surface area (Å²) in [6, 6.07) is 5.78. The van der Waals surface area contributed by atoms with Crippen molar-refractivity contribution in [2.24, 2.45) is 5.73 Å². The average molecular weight is 285 g/mol. The van der Waals surface area contributed by atoms with Crippen molar-refractivity contribution in [3.63, 3.8) is 0 Å². The Hall–Kier alpha value is -1.44. The van der Waals surface area contributed by atoms with Gasteiger partial charge in [-0.15, -0.1) is 0 Å². The van der Waals surface area contributed by atoms with Gasteiger partial charge in [0.25, 0.3) is 5.91 Å². The summed E-state index contributed by atoms with van der Waals surface area (Å²) in [6.07, 6.45) is 1.48. The van der Waals surface area contributed by atoms with E-state index < -0.39 is 10.0 Å². The first-order valence-electron chi connectivity index (χ1n) is 6.03. The van der Waals surface area contributed by atoms with Crippen molar-refractivity contribution in [3.8, 4) is 0 Å². The Morgan fingerprint density at radius 2 is 1.84 bits per heavy atom. The zero-order valence-corrected chi connectivity index (χ0v) is 11.7. The Labute approximate surface area is 113 Å². The minimum atomic E-state index is -3.51. The van der Waals surface area contributed by atoms with Crippen LogP contribution >= 0.6 is 0 Å². The van der Waals surface area contributed by atoms with Gasteiger partial charge in [-0.3, -0.25) is 4.79 Å². The number of amides is 1. The smallest absolute Gasteiger partial charge is 0.251 e. The Kier molecular flexibility index (Phi) is 5.94. The number of nitrogens with one attached hydrogen (secondary N) is 2. The maximum atomic E-state index is 11.9. The summed E-state index contributed by atoms with van der Waals surface area (Å²) in [6.45, 7) is 0.902. The van der Waals surface area contributed by atoms with Crippen molar-refractivity contribution in [2.75, 3.05) is 20.1 Å². The molecule has 0 spiro atoms. The second-order valence-electron chi connectivity index (χ2n) is 4.00. The van der Waals surface area contributed by atoms with E-state index in [0.717, 1.165) is 6.42 Å². The number of hydrogen-bond donors (Lipinski definition) is 3. The van der Waals surface area contributed by atoms with E-state index >= 15 is 0 Å². The Morgan fingerprint density at radius 3 is 2.37 bits per heavy atom. The number of carbonyl (C=O) groups is 1. The molecular formula is C12H19N3O3S. The molecule has 0 radical (unpaired) electrons. The zero-order valence-electron chi connectivity index (χ0n) is 10.8. The number of unbranched alkanes of at least 4 members (excludes halogenated alkanes) is 1. The van der Waals surface area contributed by atoms with Crippen LogP contribution in [0.3, 0.4) is 0 Å². The fourth-order valence-electron chi connectivity index (χ4n) is 1.49. The monoisotopic (exact) mass is 285 g/mol. The Balaban J connectivity index is 2.71. The fourth-order valence-corrected chi connectivity index (χ4v) is 2.56. The van der Waals surface area contributed by atoms with Crippen LogP contribution in [0.4, 0.5) is 0 Å². The molecule has 7 heteroatoms. The third kappa shape index (κ3) is 4.62. The predicted octanol–water partition coefficient (Wildman–Crippen LogP) is 0.0634. The van der Waals surface area contributed by atoms with Crippen LogP contribution < -0.4 is 15.8 Å². The van der Waals surface area contributed by atoms with Gasteiger partial charge in [0.05, 0.1) is 4.90 Å².